The highest BCUT2D eigenvalue weighted by Gasteiger charge is 2.40. The number of pyridine rings is 1. The summed E-state index contributed by atoms with van der Waals surface area (Å²) in [5.74, 6) is -5.27. The third-order valence-electron chi connectivity index (χ3n) is 5.89. The van der Waals surface area contributed by atoms with Gasteiger partial charge in [0, 0.05) is 17.5 Å². The van der Waals surface area contributed by atoms with Crippen molar-refractivity contribution in [2.45, 2.75) is 44.9 Å². The number of halogens is 5. The fourth-order valence-electron chi connectivity index (χ4n) is 4.17. The molecule has 2 atom stereocenters. The van der Waals surface area contributed by atoms with Crippen LogP contribution in [0.15, 0.2) is 30.5 Å². The van der Waals surface area contributed by atoms with Crippen molar-refractivity contribution in [1.29, 1.82) is 0 Å². The van der Waals surface area contributed by atoms with Crippen molar-refractivity contribution in [2.75, 3.05) is 11.9 Å². The van der Waals surface area contributed by atoms with Gasteiger partial charge >= 0.3 is 6.36 Å². The zero-order valence-corrected chi connectivity index (χ0v) is 19.8. The van der Waals surface area contributed by atoms with Crippen LogP contribution in [0.5, 0.6) is 5.75 Å². The number of carbonyl (C=O) groups is 3. The lowest BCUT2D eigenvalue weighted by molar-refractivity contribution is -0.275. The van der Waals surface area contributed by atoms with Crippen LogP contribution in [0.25, 0.3) is 10.9 Å². The molecule has 1 fully saturated rings. The Morgan fingerprint density at radius 3 is 2.66 bits per heavy atom. The molecule has 0 aliphatic carbocycles. The molecular weight excluding hydrogens is 519 g/mol. The number of hydrogen-bond acceptors (Lipinski definition) is 6. The molecule has 0 spiro atoms. The summed E-state index contributed by atoms with van der Waals surface area (Å²) >= 11 is 0. The Hall–Kier alpha value is -4.30. The molecule has 10 nitrogen and oxygen atoms in total. The maximum absolute atomic E-state index is 14.5. The lowest BCUT2D eigenvalue weighted by Gasteiger charge is -2.24. The van der Waals surface area contributed by atoms with Crippen molar-refractivity contribution >= 4 is 34.3 Å². The normalized spacial score (nSPS) is 17.6. The Morgan fingerprint density at radius 1 is 1.26 bits per heavy atom. The maximum Gasteiger partial charge on any atom is 0.573 e. The van der Waals surface area contributed by atoms with Crippen LogP contribution in [-0.2, 0) is 22.6 Å². The molecule has 3 amide bonds. The lowest BCUT2D eigenvalue weighted by Crippen LogP contribution is -2.44. The molecule has 3 aromatic rings. The van der Waals surface area contributed by atoms with E-state index < -0.39 is 73.1 Å². The predicted molar refractivity (Wildman–Crippen MR) is 122 cm³/mol. The monoisotopic (exact) mass is 540 g/mol. The molecular formula is C23H21F5N6O4. The van der Waals surface area contributed by atoms with Crippen LogP contribution in [0.3, 0.4) is 0 Å². The number of fused-ring (bicyclic) bond motifs is 1. The summed E-state index contributed by atoms with van der Waals surface area (Å²) in [4.78, 5) is 43.0. The minimum absolute atomic E-state index is 0.0968. The summed E-state index contributed by atoms with van der Waals surface area (Å²) in [7, 11) is 0. The van der Waals surface area contributed by atoms with Gasteiger partial charge in [0.25, 0.3) is 5.91 Å². The second kappa shape index (κ2) is 10.2. The summed E-state index contributed by atoms with van der Waals surface area (Å²) in [6, 6.07) is 2.94. The first-order valence-electron chi connectivity index (χ1n) is 11.3. The zero-order chi connectivity index (χ0) is 27.8. The molecule has 1 saturated heterocycles. The first-order chi connectivity index (χ1) is 17.9. The first kappa shape index (κ1) is 26.8. The van der Waals surface area contributed by atoms with Crippen LogP contribution in [0.4, 0.5) is 27.6 Å². The van der Waals surface area contributed by atoms with E-state index in [0.717, 1.165) is 21.7 Å². The van der Waals surface area contributed by atoms with E-state index in [2.05, 4.69) is 20.1 Å². The summed E-state index contributed by atoms with van der Waals surface area (Å²) in [6.07, 6.45) is -5.22. The highest BCUT2D eigenvalue weighted by Crippen LogP contribution is 2.31. The van der Waals surface area contributed by atoms with E-state index in [1.54, 1.807) is 6.07 Å². The number of aryl methyl sites for hydroxylation is 1. The second-order valence-corrected chi connectivity index (χ2v) is 8.47. The van der Waals surface area contributed by atoms with E-state index >= 15 is 0 Å². The molecule has 0 bridgehead atoms. The fourth-order valence-corrected chi connectivity index (χ4v) is 4.17. The minimum atomic E-state index is -5.17. The minimum Gasteiger partial charge on any atom is -0.403 e. The Morgan fingerprint density at radius 2 is 2.00 bits per heavy atom. The molecule has 3 heterocycles. The van der Waals surface area contributed by atoms with Gasteiger partial charge in [-0.2, -0.15) is 5.10 Å². The molecule has 0 radical (unpaired) electrons. The van der Waals surface area contributed by atoms with Gasteiger partial charge < -0.3 is 20.7 Å². The number of carbonyl (C=O) groups excluding carboxylic acids is 3. The van der Waals surface area contributed by atoms with Gasteiger partial charge in [-0.1, -0.05) is 13.0 Å². The van der Waals surface area contributed by atoms with E-state index in [0.29, 0.717) is 29.1 Å². The maximum atomic E-state index is 14.5. The number of aromatic nitrogens is 3. The molecule has 202 valence electrons. The van der Waals surface area contributed by atoms with Crippen molar-refractivity contribution in [2.24, 2.45) is 5.73 Å². The average molecular weight is 540 g/mol. The Labute approximate surface area is 211 Å². The van der Waals surface area contributed by atoms with E-state index in [9.17, 15) is 36.3 Å². The van der Waals surface area contributed by atoms with Crippen molar-refractivity contribution in [3.63, 3.8) is 0 Å². The topological polar surface area (TPSA) is 132 Å². The van der Waals surface area contributed by atoms with Crippen LogP contribution < -0.4 is 15.8 Å². The predicted octanol–water partition coefficient (Wildman–Crippen LogP) is 2.71. The number of nitrogens with zero attached hydrogens (tertiary/aromatic N) is 4. The Bertz CT molecular complexity index is 1410. The SMILES string of the molecule is CCc1cc2c(C(N)=O)nn(CC(=O)N3C[C@H](F)C[C@H]3C(=O)Nc3cccc(OC(F)(F)F)c3F)c2cn1. The van der Waals surface area contributed by atoms with Gasteiger partial charge in [0.2, 0.25) is 11.8 Å². The Balaban J connectivity index is 1.56. The van der Waals surface area contributed by atoms with Crippen LogP contribution in [0.2, 0.25) is 0 Å². The van der Waals surface area contributed by atoms with Gasteiger partial charge in [0.05, 0.1) is 23.9 Å². The molecule has 15 heteroatoms. The van der Waals surface area contributed by atoms with E-state index in [1.807, 2.05) is 6.92 Å². The molecule has 0 unspecified atom stereocenters. The van der Waals surface area contributed by atoms with Crippen molar-refractivity contribution in [3.8, 4) is 5.75 Å². The number of primary amides is 1. The van der Waals surface area contributed by atoms with Gasteiger partial charge in [-0.3, -0.25) is 24.0 Å². The fraction of sp³-hybridized carbons (Fsp3) is 0.348. The van der Waals surface area contributed by atoms with Crippen molar-refractivity contribution < 1.29 is 41.1 Å². The van der Waals surface area contributed by atoms with Crippen LogP contribution in [-0.4, -0.2) is 62.5 Å². The number of anilines is 1. The average Bonchev–Trinajstić information content (AvgIpc) is 3.41. The number of benzene rings is 1. The van der Waals surface area contributed by atoms with E-state index in [4.69, 9.17) is 5.73 Å². The number of nitrogens with one attached hydrogen (secondary N) is 1. The number of likely N-dealkylation sites (tertiary alicyclic amines) is 1. The molecule has 0 saturated carbocycles. The standard InChI is InChI=1S/C23H21F5N6O4/c1-2-12-7-13-16(8-30-12)34(32-20(13)21(29)36)10-18(35)33-9-11(24)6-15(33)22(37)31-14-4-3-5-17(19(14)25)38-23(26,27)28/h3-5,7-8,11,15H,2,6,9-10H2,1H3,(H2,29,36)(H,31,37)/t11-,15+/m1/s1. The first-order valence-corrected chi connectivity index (χ1v) is 11.3. The number of alkyl halides is 4. The number of nitrogens with two attached hydrogens (primary N) is 1. The van der Waals surface area contributed by atoms with Crippen LogP contribution in [0.1, 0.15) is 29.5 Å². The third kappa shape index (κ3) is 5.50. The number of ether oxygens (including phenoxy) is 1. The number of rotatable bonds is 7. The Kier molecular flexibility index (Phi) is 7.20. The molecule has 2 aromatic heterocycles. The summed E-state index contributed by atoms with van der Waals surface area (Å²) in [5, 5.41) is 6.55. The summed E-state index contributed by atoms with van der Waals surface area (Å²) in [6.45, 7) is 0.886. The summed E-state index contributed by atoms with van der Waals surface area (Å²) in [5.41, 5.74) is 5.63. The molecule has 1 aliphatic rings. The van der Waals surface area contributed by atoms with E-state index in [-0.39, 0.29) is 5.69 Å². The summed E-state index contributed by atoms with van der Waals surface area (Å²) < 4.78 is 71.1. The van der Waals surface area contributed by atoms with Crippen molar-refractivity contribution in [3.05, 3.63) is 47.7 Å². The highest BCUT2D eigenvalue weighted by molar-refractivity contribution is 6.04. The second-order valence-electron chi connectivity index (χ2n) is 8.47. The zero-order valence-electron chi connectivity index (χ0n) is 19.8. The molecule has 38 heavy (non-hydrogen) atoms. The van der Waals surface area contributed by atoms with Crippen molar-refractivity contribution in [1.82, 2.24) is 19.7 Å². The van der Waals surface area contributed by atoms with Gasteiger partial charge in [0.1, 0.15) is 18.8 Å². The lowest BCUT2D eigenvalue weighted by atomic mass is 10.1. The molecule has 1 aromatic carbocycles. The molecule has 1 aliphatic heterocycles. The van der Waals surface area contributed by atoms with Gasteiger partial charge in [-0.25, -0.2) is 8.78 Å². The number of amides is 3. The van der Waals surface area contributed by atoms with Gasteiger partial charge in [0.15, 0.2) is 17.3 Å². The van der Waals surface area contributed by atoms with Crippen LogP contribution >= 0.6 is 0 Å². The van der Waals surface area contributed by atoms with E-state index in [1.165, 1.54) is 6.20 Å². The third-order valence-corrected chi connectivity index (χ3v) is 5.89. The van der Waals surface area contributed by atoms with Gasteiger partial charge in [-0.05, 0) is 24.6 Å². The largest absolute Gasteiger partial charge is 0.573 e. The highest BCUT2D eigenvalue weighted by atomic mass is 19.4. The van der Waals surface area contributed by atoms with Gasteiger partial charge in [-0.15, -0.1) is 13.2 Å². The smallest absolute Gasteiger partial charge is 0.403 e. The quantitative estimate of drug-likeness (QED) is 0.443. The van der Waals surface area contributed by atoms with Crippen LogP contribution in [0, 0.1) is 5.82 Å². The molecule has 3 N–H and O–H groups in total. The molecule has 4 rings (SSSR count). The number of hydrogen-bond donors (Lipinski definition) is 2.